The molecule has 2 heterocycles. The second-order valence-corrected chi connectivity index (χ2v) is 10.7. The summed E-state index contributed by atoms with van der Waals surface area (Å²) in [6.07, 6.45) is 4.12. The lowest BCUT2D eigenvalue weighted by Crippen LogP contribution is -2.38. The molecule has 4 rings (SSSR count). The molecule has 2 atom stereocenters. The molecule has 156 valence electrons. The van der Waals surface area contributed by atoms with Gasteiger partial charge in [-0.25, -0.2) is 0 Å². The summed E-state index contributed by atoms with van der Waals surface area (Å²) >= 11 is 5.31. The number of nitrogens with one attached hydrogen (secondary N) is 2. The van der Waals surface area contributed by atoms with Gasteiger partial charge in [0.1, 0.15) is 16.9 Å². The van der Waals surface area contributed by atoms with Crippen LogP contribution in [0.4, 0.5) is 5.00 Å². The van der Waals surface area contributed by atoms with Crippen molar-refractivity contribution < 1.29 is 9.53 Å². The zero-order chi connectivity index (χ0) is 20.8. The molecule has 0 unspecified atom stereocenters. The van der Waals surface area contributed by atoms with Crippen molar-refractivity contribution in [3.05, 3.63) is 44.2 Å². The number of carbonyl (C=O) groups excluding carboxylic acids is 1. The first-order valence-corrected chi connectivity index (χ1v) is 12.1. The van der Waals surface area contributed by atoms with E-state index in [1.807, 2.05) is 25.1 Å². The molecule has 1 aromatic carbocycles. The van der Waals surface area contributed by atoms with E-state index in [1.165, 1.54) is 16.9 Å². The number of carbonyl (C=O) groups is 1. The van der Waals surface area contributed by atoms with E-state index in [0.29, 0.717) is 17.9 Å². The molecule has 1 aliphatic carbocycles. The number of thiophene rings is 1. The van der Waals surface area contributed by atoms with Crippen LogP contribution in [0.25, 0.3) is 0 Å². The zero-order valence-electron chi connectivity index (χ0n) is 17.5. The second-order valence-electron chi connectivity index (χ2n) is 8.66. The first kappa shape index (κ1) is 20.7. The molecular formula is C23H29BrN2O2S. The van der Waals surface area contributed by atoms with Crippen LogP contribution in [0.5, 0.6) is 5.75 Å². The molecule has 1 aliphatic heterocycles. The highest BCUT2D eigenvalue weighted by Gasteiger charge is 2.37. The molecule has 1 amide bonds. The molecule has 0 saturated carbocycles. The molecule has 0 spiro atoms. The third-order valence-electron chi connectivity index (χ3n) is 6.64. The topological polar surface area (TPSA) is 50.4 Å². The van der Waals surface area contributed by atoms with Crippen molar-refractivity contribution >= 4 is 38.2 Å². The molecule has 2 aromatic rings. The van der Waals surface area contributed by atoms with Gasteiger partial charge < -0.3 is 15.4 Å². The molecule has 0 fully saturated rings. The van der Waals surface area contributed by atoms with Gasteiger partial charge in [-0.05, 0) is 61.3 Å². The third-order valence-corrected chi connectivity index (χ3v) is 8.32. The van der Waals surface area contributed by atoms with Gasteiger partial charge in [0.25, 0.3) is 5.91 Å². The molecule has 2 aliphatic rings. The summed E-state index contributed by atoms with van der Waals surface area (Å²) in [6, 6.07) is 5.93. The van der Waals surface area contributed by atoms with Crippen LogP contribution in [-0.2, 0) is 12.8 Å². The molecule has 2 N–H and O–H groups in total. The summed E-state index contributed by atoms with van der Waals surface area (Å²) in [4.78, 5) is 14.5. The van der Waals surface area contributed by atoms with Gasteiger partial charge in [0, 0.05) is 14.9 Å². The smallest absolute Gasteiger partial charge is 0.256 e. The maximum Gasteiger partial charge on any atom is 0.256 e. The fraction of sp³-hybridized carbons (Fsp3) is 0.522. The first-order chi connectivity index (χ1) is 13.8. The van der Waals surface area contributed by atoms with E-state index in [4.69, 9.17) is 4.74 Å². The Hall–Kier alpha value is -1.53. The van der Waals surface area contributed by atoms with Crippen molar-refractivity contribution in [1.82, 2.24) is 5.32 Å². The maximum atomic E-state index is 13.1. The van der Waals surface area contributed by atoms with Crippen molar-refractivity contribution in [2.24, 2.45) is 11.3 Å². The summed E-state index contributed by atoms with van der Waals surface area (Å²) in [5, 5.41) is 7.74. The molecular weight excluding hydrogens is 448 g/mol. The van der Waals surface area contributed by atoms with Crippen LogP contribution < -0.4 is 15.4 Å². The highest BCUT2D eigenvalue weighted by atomic mass is 79.9. The Labute approximate surface area is 185 Å². The van der Waals surface area contributed by atoms with Gasteiger partial charge in [-0.3, -0.25) is 4.79 Å². The van der Waals surface area contributed by atoms with Crippen LogP contribution in [0.3, 0.4) is 0 Å². The Morgan fingerprint density at radius 2 is 2.07 bits per heavy atom. The predicted octanol–water partition coefficient (Wildman–Crippen LogP) is 6.30. The van der Waals surface area contributed by atoms with Crippen molar-refractivity contribution in [3.8, 4) is 5.75 Å². The van der Waals surface area contributed by atoms with Gasteiger partial charge in [0.05, 0.1) is 12.2 Å². The van der Waals surface area contributed by atoms with E-state index in [-0.39, 0.29) is 12.1 Å². The van der Waals surface area contributed by atoms with Crippen molar-refractivity contribution in [1.29, 1.82) is 0 Å². The van der Waals surface area contributed by atoms with Gasteiger partial charge in [-0.1, -0.05) is 43.1 Å². The Morgan fingerprint density at radius 3 is 2.79 bits per heavy atom. The molecule has 1 aromatic heterocycles. The van der Waals surface area contributed by atoms with E-state index in [2.05, 4.69) is 47.3 Å². The summed E-state index contributed by atoms with van der Waals surface area (Å²) in [7, 11) is 0. The molecule has 6 heteroatoms. The van der Waals surface area contributed by atoms with Gasteiger partial charge >= 0.3 is 0 Å². The quantitative estimate of drug-likeness (QED) is 0.531. The summed E-state index contributed by atoms with van der Waals surface area (Å²) in [6.45, 7) is 9.59. The highest BCUT2D eigenvalue weighted by molar-refractivity contribution is 9.10. The minimum Gasteiger partial charge on any atom is -0.493 e. The first-order valence-electron chi connectivity index (χ1n) is 10.5. The standard InChI is InChI=1S/C23H29BrN2O2S/c1-5-23(3,4)13-7-9-15-18(11-13)29-22-19(15)21(27)25-20(26-22)16-12-14(24)8-10-17(16)28-6-2/h8,10,12-13,20,26H,5-7,9,11H2,1-4H3,(H,25,27)/t13-,20+/m0/s1. The van der Waals surface area contributed by atoms with Gasteiger partial charge in [-0.2, -0.15) is 0 Å². The number of ether oxygens (including phenoxy) is 1. The van der Waals surface area contributed by atoms with Crippen LogP contribution in [0.1, 0.15) is 73.1 Å². The van der Waals surface area contributed by atoms with Crippen LogP contribution in [-0.4, -0.2) is 12.5 Å². The van der Waals surface area contributed by atoms with E-state index in [0.717, 1.165) is 45.6 Å². The van der Waals surface area contributed by atoms with E-state index in [9.17, 15) is 4.79 Å². The van der Waals surface area contributed by atoms with Crippen LogP contribution >= 0.6 is 27.3 Å². The zero-order valence-corrected chi connectivity index (χ0v) is 19.9. The van der Waals surface area contributed by atoms with Gasteiger partial charge in [-0.15, -0.1) is 11.3 Å². The number of hydrogen-bond donors (Lipinski definition) is 2. The predicted molar refractivity (Wildman–Crippen MR) is 123 cm³/mol. The van der Waals surface area contributed by atoms with Crippen LogP contribution in [0.2, 0.25) is 0 Å². The largest absolute Gasteiger partial charge is 0.493 e. The third kappa shape index (κ3) is 3.81. The Bertz CT molecular complexity index is 937. The lowest BCUT2D eigenvalue weighted by Gasteiger charge is -2.36. The lowest BCUT2D eigenvalue weighted by atomic mass is 9.69. The summed E-state index contributed by atoms with van der Waals surface area (Å²) in [5.41, 5.74) is 3.40. The Kier molecular flexibility index (Phi) is 5.68. The van der Waals surface area contributed by atoms with Crippen molar-refractivity contribution in [2.75, 3.05) is 11.9 Å². The van der Waals surface area contributed by atoms with Gasteiger partial charge in [0.15, 0.2) is 0 Å². The Morgan fingerprint density at radius 1 is 1.28 bits per heavy atom. The number of fused-ring (bicyclic) bond motifs is 3. The number of amides is 1. The lowest BCUT2D eigenvalue weighted by molar-refractivity contribution is 0.0934. The molecule has 0 saturated heterocycles. The molecule has 4 nitrogen and oxygen atoms in total. The van der Waals surface area contributed by atoms with E-state index >= 15 is 0 Å². The normalized spacial score (nSPS) is 21.1. The molecule has 0 bridgehead atoms. The molecule has 0 radical (unpaired) electrons. The maximum absolute atomic E-state index is 13.1. The average Bonchev–Trinajstić information content (AvgIpc) is 3.07. The molecule has 29 heavy (non-hydrogen) atoms. The van der Waals surface area contributed by atoms with Crippen LogP contribution in [0, 0.1) is 11.3 Å². The summed E-state index contributed by atoms with van der Waals surface area (Å²) < 4.78 is 6.77. The average molecular weight is 477 g/mol. The number of hydrogen-bond acceptors (Lipinski definition) is 4. The second kappa shape index (κ2) is 7.95. The number of rotatable bonds is 5. The van der Waals surface area contributed by atoms with Crippen molar-refractivity contribution in [2.45, 2.75) is 59.5 Å². The number of anilines is 1. The monoisotopic (exact) mass is 476 g/mol. The summed E-state index contributed by atoms with van der Waals surface area (Å²) in [5.74, 6) is 1.49. The fourth-order valence-corrected chi connectivity index (χ4v) is 6.17. The Balaban J connectivity index is 1.65. The number of halogens is 1. The van der Waals surface area contributed by atoms with Gasteiger partial charge in [0.2, 0.25) is 0 Å². The fourth-order valence-electron chi connectivity index (χ4n) is 4.44. The minimum atomic E-state index is -0.294. The van der Waals surface area contributed by atoms with Crippen molar-refractivity contribution in [3.63, 3.8) is 0 Å². The van der Waals surface area contributed by atoms with E-state index < -0.39 is 0 Å². The highest BCUT2D eigenvalue weighted by Crippen LogP contribution is 2.47. The number of benzene rings is 1. The van der Waals surface area contributed by atoms with E-state index in [1.54, 1.807) is 11.3 Å². The SMILES string of the molecule is CCOc1ccc(Br)cc1[C@@H]1NC(=O)c2c(sc3c2CC[C@H](C(C)(C)CC)C3)N1. The minimum absolute atomic E-state index is 0.0249. The van der Waals surface area contributed by atoms with Crippen LogP contribution in [0.15, 0.2) is 22.7 Å².